The van der Waals surface area contributed by atoms with Gasteiger partial charge in [0.2, 0.25) is 0 Å². The third-order valence-corrected chi connectivity index (χ3v) is 4.37. The van der Waals surface area contributed by atoms with Crippen LogP contribution in [0.4, 0.5) is 0 Å². The van der Waals surface area contributed by atoms with Gasteiger partial charge < -0.3 is 4.74 Å². The summed E-state index contributed by atoms with van der Waals surface area (Å²) >= 11 is 8.61. The largest absolute Gasteiger partial charge is 0.487 e. The van der Waals surface area contributed by atoms with Gasteiger partial charge in [-0.1, -0.05) is 6.07 Å². The lowest BCUT2D eigenvalue weighted by Crippen LogP contribution is -1.93. The Labute approximate surface area is 116 Å². The van der Waals surface area contributed by atoms with Crippen LogP contribution in [0.15, 0.2) is 38.6 Å². The highest BCUT2D eigenvalue weighted by Crippen LogP contribution is 2.27. The third kappa shape index (κ3) is 3.09. The molecule has 0 aliphatic carbocycles. The van der Waals surface area contributed by atoms with E-state index in [0.717, 1.165) is 14.7 Å². The van der Waals surface area contributed by atoms with Crippen LogP contribution in [0.1, 0.15) is 10.4 Å². The molecular formula is C12H10Br2OS. The zero-order valence-electron chi connectivity index (χ0n) is 8.67. The third-order valence-electron chi connectivity index (χ3n) is 2.08. The van der Waals surface area contributed by atoms with Crippen LogP contribution in [0, 0.1) is 6.92 Å². The molecule has 2 aromatic rings. The Morgan fingerprint density at radius 1 is 1.25 bits per heavy atom. The van der Waals surface area contributed by atoms with E-state index >= 15 is 0 Å². The van der Waals surface area contributed by atoms with E-state index in [0.29, 0.717) is 6.61 Å². The summed E-state index contributed by atoms with van der Waals surface area (Å²) < 4.78 is 7.85. The molecule has 1 heterocycles. The number of benzene rings is 1. The SMILES string of the molecule is Cc1ccc(OCc2cc(Br)cs2)c(Br)c1. The van der Waals surface area contributed by atoms with Crippen LogP contribution in [0.25, 0.3) is 0 Å². The molecule has 0 saturated heterocycles. The van der Waals surface area contributed by atoms with Crippen LogP contribution in [0.3, 0.4) is 0 Å². The molecule has 0 fully saturated rings. The van der Waals surface area contributed by atoms with E-state index < -0.39 is 0 Å². The summed E-state index contributed by atoms with van der Waals surface area (Å²) in [5, 5.41) is 2.06. The monoisotopic (exact) mass is 360 g/mol. The number of aryl methyl sites for hydroxylation is 1. The molecule has 4 heteroatoms. The van der Waals surface area contributed by atoms with Gasteiger partial charge in [-0.3, -0.25) is 0 Å². The molecule has 0 spiro atoms. The van der Waals surface area contributed by atoms with Crippen molar-refractivity contribution in [3.05, 3.63) is 49.0 Å². The van der Waals surface area contributed by atoms with E-state index in [9.17, 15) is 0 Å². The molecule has 0 saturated carbocycles. The van der Waals surface area contributed by atoms with Gasteiger partial charge >= 0.3 is 0 Å². The van der Waals surface area contributed by atoms with Gasteiger partial charge in [-0.2, -0.15) is 0 Å². The molecule has 1 aromatic carbocycles. The Morgan fingerprint density at radius 2 is 2.06 bits per heavy atom. The molecule has 16 heavy (non-hydrogen) atoms. The van der Waals surface area contributed by atoms with Crippen LogP contribution in [0.2, 0.25) is 0 Å². The molecular weight excluding hydrogens is 352 g/mol. The van der Waals surface area contributed by atoms with Gasteiger partial charge in [0.15, 0.2) is 0 Å². The summed E-state index contributed by atoms with van der Waals surface area (Å²) in [5.74, 6) is 0.884. The van der Waals surface area contributed by atoms with Gasteiger partial charge in [0, 0.05) is 14.7 Å². The fraction of sp³-hybridized carbons (Fsp3) is 0.167. The molecule has 0 amide bonds. The van der Waals surface area contributed by atoms with E-state index in [2.05, 4.69) is 56.3 Å². The predicted molar refractivity (Wildman–Crippen MR) is 75.2 cm³/mol. The Hall–Kier alpha value is -0.320. The first kappa shape index (κ1) is 12.1. The fourth-order valence-corrected chi connectivity index (χ4v) is 3.27. The predicted octanol–water partition coefficient (Wildman–Crippen LogP) is 5.16. The molecule has 0 aliphatic heterocycles. The highest BCUT2D eigenvalue weighted by atomic mass is 79.9. The van der Waals surface area contributed by atoms with Crippen molar-refractivity contribution in [2.24, 2.45) is 0 Å². The summed E-state index contributed by atoms with van der Waals surface area (Å²) in [6, 6.07) is 8.17. The van der Waals surface area contributed by atoms with E-state index in [4.69, 9.17) is 4.74 Å². The lowest BCUT2D eigenvalue weighted by atomic mass is 10.2. The van der Waals surface area contributed by atoms with Crippen LogP contribution >= 0.6 is 43.2 Å². The van der Waals surface area contributed by atoms with Crippen molar-refractivity contribution in [2.45, 2.75) is 13.5 Å². The second-order valence-electron chi connectivity index (χ2n) is 3.45. The Kier molecular flexibility index (Phi) is 4.05. The Balaban J connectivity index is 2.04. The molecule has 1 aromatic heterocycles. The quantitative estimate of drug-likeness (QED) is 0.733. The number of rotatable bonds is 3. The number of halogens is 2. The maximum atomic E-state index is 5.73. The van der Waals surface area contributed by atoms with E-state index in [-0.39, 0.29) is 0 Å². The first-order valence-electron chi connectivity index (χ1n) is 4.77. The number of ether oxygens (including phenoxy) is 1. The summed E-state index contributed by atoms with van der Waals surface area (Å²) in [5.41, 5.74) is 1.22. The van der Waals surface area contributed by atoms with Gasteiger partial charge in [0.05, 0.1) is 4.47 Å². The second-order valence-corrected chi connectivity index (χ2v) is 6.22. The normalized spacial score (nSPS) is 10.4. The van der Waals surface area contributed by atoms with Crippen LogP contribution in [0.5, 0.6) is 5.75 Å². The number of hydrogen-bond acceptors (Lipinski definition) is 2. The van der Waals surface area contributed by atoms with E-state index in [1.807, 2.05) is 12.1 Å². The summed E-state index contributed by atoms with van der Waals surface area (Å²) in [6.45, 7) is 2.67. The zero-order chi connectivity index (χ0) is 11.5. The lowest BCUT2D eigenvalue weighted by Gasteiger charge is -2.07. The van der Waals surface area contributed by atoms with Gasteiger partial charge in [-0.25, -0.2) is 0 Å². The zero-order valence-corrected chi connectivity index (χ0v) is 12.7. The summed E-state index contributed by atoms with van der Waals surface area (Å²) in [6.07, 6.45) is 0. The average Bonchev–Trinajstić information content (AvgIpc) is 2.63. The maximum Gasteiger partial charge on any atom is 0.134 e. The maximum absolute atomic E-state index is 5.73. The number of hydrogen-bond donors (Lipinski definition) is 0. The number of thiophene rings is 1. The molecule has 0 bridgehead atoms. The van der Waals surface area contributed by atoms with Crippen molar-refractivity contribution in [3.63, 3.8) is 0 Å². The fourth-order valence-electron chi connectivity index (χ4n) is 1.30. The first-order valence-corrected chi connectivity index (χ1v) is 7.23. The Bertz CT molecular complexity index is 494. The molecule has 1 nitrogen and oxygen atoms in total. The minimum atomic E-state index is 0.609. The van der Waals surface area contributed by atoms with E-state index in [1.54, 1.807) is 11.3 Å². The molecule has 0 unspecified atom stereocenters. The topological polar surface area (TPSA) is 9.23 Å². The average molecular weight is 362 g/mol. The second kappa shape index (κ2) is 5.34. The molecule has 0 atom stereocenters. The molecule has 0 radical (unpaired) electrons. The highest BCUT2D eigenvalue weighted by molar-refractivity contribution is 9.10. The first-order chi connectivity index (χ1) is 7.65. The van der Waals surface area contributed by atoms with Crippen molar-refractivity contribution in [1.82, 2.24) is 0 Å². The van der Waals surface area contributed by atoms with Crippen molar-refractivity contribution in [3.8, 4) is 5.75 Å². The van der Waals surface area contributed by atoms with Crippen LogP contribution in [-0.4, -0.2) is 0 Å². The lowest BCUT2D eigenvalue weighted by molar-refractivity contribution is 0.307. The van der Waals surface area contributed by atoms with Gasteiger partial charge in [0.25, 0.3) is 0 Å². The summed E-state index contributed by atoms with van der Waals surface area (Å²) in [4.78, 5) is 1.21. The van der Waals surface area contributed by atoms with Crippen molar-refractivity contribution in [2.75, 3.05) is 0 Å². The smallest absolute Gasteiger partial charge is 0.134 e. The van der Waals surface area contributed by atoms with Crippen LogP contribution in [-0.2, 0) is 6.61 Å². The highest BCUT2D eigenvalue weighted by Gasteiger charge is 2.03. The molecule has 84 valence electrons. The van der Waals surface area contributed by atoms with Crippen molar-refractivity contribution in [1.29, 1.82) is 0 Å². The Morgan fingerprint density at radius 3 is 2.69 bits per heavy atom. The van der Waals surface area contributed by atoms with E-state index in [1.165, 1.54) is 10.4 Å². The summed E-state index contributed by atoms with van der Waals surface area (Å²) in [7, 11) is 0. The molecule has 0 aliphatic rings. The van der Waals surface area contributed by atoms with Crippen molar-refractivity contribution >= 4 is 43.2 Å². The van der Waals surface area contributed by atoms with Crippen LogP contribution < -0.4 is 4.74 Å². The minimum Gasteiger partial charge on any atom is -0.487 e. The van der Waals surface area contributed by atoms with Gasteiger partial charge in [-0.05, 0) is 62.5 Å². The minimum absolute atomic E-state index is 0.609. The molecule has 0 N–H and O–H groups in total. The molecule has 2 rings (SSSR count). The standard InChI is InChI=1S/C12H10Br2OS/c1-8-2-3-12(11(14)4-8)15-6-10-5-9(13)7-16-10/h2-5,7H,6H2,1H3. The van der Waals surface area contributed by atoms with Gasteiger partial charge in [-0.15, -0.1) is 11.3 Å². The van der Waals surface area contributed by atoms with Crippen molar-refractivity contribution < 1.29 is 4.74 Å². The van der Waals surface area contributed by atoms with Gasteiger partial charge in [0.1, 0.15) is 12.4 Å².